The Bertz CT molecular complexity index is 383. The molecule has 1 aromatic heterocycles. The summed E-state index contributed by atoms with van der Waals surface area (Å²) >= 11 is 0. The van der Waals surface area contributed by atoms with Crippen LogP contribution in [0.25, 0.3) is 0 Å². The minimum Gasteiger partial charge on any atom is -0.330 e. The molecule has 3 nitrogen and oxygen atoms in total. The van der Waals surface area contributed by atoms with Crippen molar-refractivity contribution in [3.8, 4) is 0 Å². The van der Waals surface area contributed by atoms with Crippen LogP contribution in [0.4, 0.5) is 5.82 Å². The molecule has 0 aromatic carbocycles. The summed E-state index contributed by atoms with van der Waals surface area (Å²) in [5.41, 5.74) is 2.44. The third-order valence-electron chi connectivity index (χ3n) is 3.08. The van der Waals surface area contributed by atoms with Gasteiger partial charge in [-0.15, -0.1) is 0 Å². The molecular weight excluding hydrogens is 222 g/mol. The van der Waals surface area contributed by atoms with Crippen molar-refractivity contribution in [3.05, 3.63) is 30.4 Å². The lowest BCUT2D eigenvalue weighted by atomic mass is 10.1. The zero-order chi connectivity index (χ0) is 13.5. The molecular formula is C15H25N3. The van der Waals surface area contributed by atoms with Gasteiger partial charge >= 0.3 is 0 Å². The van der Waals surface area contributed by atoms with Crippen molar-refractivity contribution < 1.29 is 0 Å². The highest BCUT2D eigenvalue weighted by Crippen LogP contribution is 2.33. The van der Waals surface area contributed by atoms with Crippen LogP contribution in [0.3, 0.4) is 0 Å². The standard InChI is InChI=1S/C13H19N3.C2H6/c1-4-11-12(5-2)14-9-15-13(11)16(6-3)10-7-8-10;1-2/h6,9-10H,3-5,7-8H2,1-2H3;1-2H3. The van der Waals surface area contributed by atoms with E-state index in [2.05, 4.69) is 35.3 Å². The van der Waals surface area contributed by atoms with Gasteiger partial charge in [-0.05, 0) is 31.9 Å². The summed E-state index contributed by atoms with van der Waals surface area (Å²) in [4.78, 5) is 11.0. The van der Waals surface area contributed by atoms with E-state index in [9.17, 15) is 0 Å². The van der Waals surface area contributed by atoms with Crippen LogP contribution in [-0.2, 0) is 12.8 Å². The first-order valence-corrected chi connectivity index (χ1v) is 7.05. The van der Waals surface area contributed by atoms with Gasteiger partial charge in [-0.25, -0.2) is 9.97 Å². The second-order valence-electron chi connectivity index (χ2n) is 4.15. The number of hydrogen-bond acceptors (Lipinski definition) is 3. The largest absolute Gasteiger partial charge is 0.330 e. The number of rotatable bonds is 5. The molecule has 1 aliphatic carbocycles. The lowest BCUT2D eigenvalue weighted by Gasteiger charge is -2.22. The van der Waals surface area contributed by atoms with E-state index in [0.717, 1.165) is 18.7 Å². The molecule has 1 aliphatic rings. The summed E-state index contributed by atoms with van der Waals surface area (Å²) in [5, 5.41) is 0. The van der Waals surface area contributed by atoms with Crippen molar-refractivity contribution >= 4 is 5.82 Å². The Labute approximate surface area is 111 Å². The summed E-state index contributed by atoms with van der Waals surface area (Å²) in [7, 11) is 0. The molecule has 1 aromatic rings. The molecule has 0 spiro atoms. The monoisotopic (exact) mass is 247 g/mol. The molecule has 0 bridgehead atoms. The first-order chi connectivity index (χ1) is 8.81. The summed E-state index contributed by atoms with van der Waals surface area (Å²) in [6, 6.07) is 0.613. The zero-order valence-corrected chi connectivity index (χ0v) is 12.1. The Morgan fingerprint density at radius 1 is 1.28 bits per heavy atom. The maximum Gasteiger partial charge on any atom is 0.139 e. The maximum absolute atomic E-state index is 4.43. The molecule has 0 aliphatic heterocycles. The van der Waals surface area contributed by atoms with Crippen LogP contribution in [0, 0.1) is 0 Å². The maximum atomic E-state index is 4.43. The van der Waals surface area contributed by atoms with Crippen LogP contribution in [0.5, 0.6) is 0 Å². The predicted molar refractivity (Wildman–Crippen MR) is 77.8 cm³/mol. The Balaban J connectivity index is 0.000000771. The van der Waals surface area contributed by atoms with Gasteiger partial charge in [0.2, 0.25) is 0 Å². The minimum atomic E-state index is 0.613. The predicted octanol–water partition coefficient (Wildman–Crippen LogP) is 3.74. The fraction of sp³-hybridized carbons (Fsp3) is 0.600. The molecule has 0 radical (unpaired) electrons. The van der Waals surface area contributed by atoms with Crippen LogP contribution in [-0.4, -0.2) is 16.0 Å². The van der Waals surface area contributed by atoms with Crippen molar-refractivity contribution in [2.24, 2.45) is 0 Å². The van der Waals surface area contributed by atoms with Gasteiger partial charge in [0.05, 0.1) is 0 Å². The zero-order valence-electron chi connectivity index (χ0n) is 12.1. The van der Waals surface area contributed by atoms with Gasteiger partial charge in [-0.3, -0.25) is 0 Å². The molecule has 100 valence electrons. The SMILES string of the molecule is C=CN(c1ncnc(CC)c1CC)C1CC1.CC. The smallest absolute Gasteiger partial charge is 0.139 e. The number of hydrogen-bond donors (Lipinski definition) is 0. The van der Waals surface area contributed by atoms with Crippen molar-refractivity contribution in [2.75, 3.05) is 4.90 Å². The fourth-order valence-electron chi connectivity index (χ4n) is 2.09. The first-order valence-electron chi connectivity index (χ1n) is 7.05. The van der Waals surface area contributed by atoms with E-state index >= 15 is 0 Å². The second kappa shape index (κ2) is 7.14. The van der Waals surface area contributed by atoms with Gasteiger partial charge in [0.1, 0.15) is 12.1 Å². The molecule has 0 unspecified atom stereocenters. The normalized spacial score (nSPS) is 13.6. The lowest BCUT2D eigenvalue weighted by Crippen LogP contribution is -2.21. The Morgan fingerprint density at radius 2 is 1.94 bits per heavy atom. The van der Waals surface area contributed by atoms with Crippen molar-refractivity contribution in [1.29, 1.82) is 0 Å². The average molecular weight is 247 g/mol. The number of aryl methyl sites for hydroxylation is 1. The number of aromatic nitrogens is 2. The number of nitrogens with zero attached hydrogens (tertiary/aromatic N) is 3. The van der Waals surface area contributed by atoms with Crippen molar-refractivity contribution in [3.63, 3.8) is 0 Å². The summed E-state index contributed by atoms with van der Waals surface area (Å²) in [6.45, 7) is 12.2. The Morgan fingerprint density at radius 3 is 2.39 bits per heavy atom. The van der Waals surface area contributed by atoms with Crippen LogP contribution in [0.1, 0.15) is 51.8 Å². The third-order valence-corrected chi connectivity index (χ3v) is 3.08. The Hall–Kier alpha value is -1.38. The molecule has 2 rings (SSSR count). The molecule has 1 heterocycles. The number of anilines is 1. The van der Waals surface area contributed by atoms with Crippen LogP contribution >= 0.6 is 0 Å². The molecule has 1 fully saturated rings. The molecule has 0 saturated heterocycles. The van der Waals surface area contributed by atoms with E-state index in [1.165, 1.54) is 24.1 Å². The van der Waals surface area contributed by atoms with Gasteiger partial charge in [0.25, 0.3) is 0 Å². The summed E-state index contributed by atoms with van der Waals surface area (Å²) < 4.78 is 0. The van der Waals surface area contributed by atoms with Crippen LogP contribution < -0.4 is 4.90 Å². The van der Waals surface area contributed by atoms with Gasteiger partial charge in [0.15, 0.2) is 0 Å². The Kier molecular flexibility index (Phi) is 5.83. The minimum absolute atomic E-state index is 0.613. The van der Waals surface area contributed by atoms with Gasteiger partial charge < -0.3 is 4.90 Å². The van der Waals surface area contributed by atoms with E-state index < -0.39 is 0 Å². The van der Waals surface area contributed by atoms with Gasteiger partial charge in [-0.1, -0.05) is 34.3 Å². The summed E-state index contributed by atoms with van der Waals surface area (Å²) in [6.07, 6.45) is 8.02. The van der Waals surface area contributed by atoms with E-state index in [1.54, 1.807) is 6.33 Å². The van der Waals surface area contributed by atoms with Crippen molar-refractivity contribution in [1.82, 2.24) is 9.97 Å². The average Bonchev–Trinajstić information content (AvgIpc) is 3.26. The lowest BCUT2D eigenvalue weighted by molar-refractivity contribution is 0.869. The highest BCUT2D eigenvalue weighted by atomic mass is 15.2. The molecule has 3 heteroatoms. The third kappa shape index (κ3) is 3.09. The van der Waals surface area contributed by atoms with E-state index in [-0.39, 0.29) is 0 Å². The van der Waals surface area contributed by atoms with E-state index in [0.29, 0.717) is 6.04 Å². The molecule has 18 heavy (non-hydrogen) atoms. The van der Waals surface area contributed by atoms with Gasteiger partial charge in [-0.2, -0.15) is 0 Å². The van der Waals surface area contributed by atoms with E-state index in [4.69, 9.17) is 0 Å². The van der Waals surface area contributed by atoms with Gasteiger partial charge in [0, 0.05) is 17.3 Å². The molecule has 0 amide bonds. The highest BCUT2D eigenvalue weighted by Gasteiger charge is 2.30. The fourth-order valence-corrected chi connectivity index (χ4v) is 2.09. The first kappa shape index (κ1) is 14.7. The van der Waals surface area contributed by atoms with E-state index in [1.807, 2.05) is 20.0 Å². The quantitative estimate of drug-likeness (QED) is 0.793. The van der Waals surface area contributed by atoms with Crippen molar-refractivity contribution in [2.45, 2.75) is 59.4 Å². The topological polar surface area (TPSA) is 29.0 Å². The summed E-state index contributed by atoms with van der Waals surface area (Å²) in [5.74, 6) is 1.06. The highest BCUT2D eigenvalue weighted by molar-refractivity contribution is 5.52. The molecule has 0 N–H and O–H groups in total. The molecule has 1 saturated carbocycles. The van der Waals surface area contributed by atoms with Crippen LogP contribution in [0.15, 0.2) is 19.1 Å². The van der Waals surface area contributed by atoms with Crippen LogP contribution in [0.2, 0.25) is 0 Å². The molecule has 0 atom stereocenters. The second-order valence-corrected chi connectivity index (χ2v) is 4.15.